The van der Waals surface area contributed by atoms with E-state index in [-0.39, 0.29) is 5.91 Å². The summed E-state index contributed by atoms with van der Waals surface area (Å²) in [5, 5.41) is 3.37. The van der Waals surface area contributed by atoms with E-state index in [4.69, 9.17) is 0 Å². The van der Waals surface area contributed by atoms with E-state index in [1.54, 1.807) is 0 Å². The first-order chi connectivity index (χ1) is 9.15. The van der Waals surface area contributed by atoms with Gasteiger partial charge in [-0.25, -0.2) is 0 Å². The van der Waals surface area contributed by atoms with Crippen LogP contribution < -0.4 is 5.32 Å². The van der Waals surface area contributed by atoms with Gasteiger partial charge in [0.05, 0.1) is 0 Å². The van der Waals surface area contributed by atoms with E-state index in [0.717, 1.165) is 31.5 Å². The molecule has 0 aliphatic carbocycles. The molecule has 3 heteroatoms. The number of benzene rings is 1. The fraction of sp³-hybridized carbons (Fsp3) is 0.562. The van der Waals surface area contributed by atoms with Crippen molar-refractivity contribution in [3.63, 3.8) is 0 Å². The summed E-state index contributed by atoms with van der Waals surface area (Å²) in [5.74, 6) is 0.737. The Morgan fingerprint density at radius 2 is 2.05 bits per heavy atom. The Morgan fingerprint density at radius 3 is 2.63 bits per heavy atom. The molecule has 2 rings (SSSR count). The molecule has 0 spiro atoms. The highest BCUT2D eigenvalue weighted by Gasteiger charge is 2.29. The Bertz CT molecular complexity index is 427. The molecule has 1 saturated heterocycles. The Balaban J connectivity index is 2.06. The minimum Gasteiger partial charge on any atom is -0.338 e. The number of aryl methyl sites for hydroxylation is 1. The molecule has 1 aromatic carbocycles. The zero-order valence-corrected chi connectivity index (χ0v) is 12.1. The zero-order valence-electron chi connectivity index (χ0n) is 12.1. The van der Waals surface area contributed by atoms with E-state index in [0.29, 0.717) is 12.0 Å². The largest absolute Gasteiger partial charge is 0.338 e. The van der Waals surface area contributed by atoms with Crippen molar-refractivity contribution in [3.8, 4) is 0 Å². The lowest BCUT2D eigenvalue weighted by molar-refractivity contribution is 0.0631. The fourth-order valence-electron chi connectivity index (χ4n) is 2.89. The van der Waals surface area contributed by atoms with Crippen LogP contribution in [-0.4, -0.2) is 37.0 Å². The Kier molecular flexibility index (Phi) is 4.59. The van der Waals surface area contributed by atoms with E-state index < -0.39 is 0 Å². The van der Waals surface area contributed by atoms with Crippen molar-refractivity contribution < 1.29 is 4.79 Å². The fourth-order valence-corrected chi connectivity index (χ4v) is 2.89. The molecule has 19 heavy (non-hydrogen) atoms. The summed E-state index contributed by atoms with van der Waals surface area (Å²) in [5.41, 5.74) is 2.00. The second-order valence-electron chi connectivity index (χ2n) is 5.47. The van der Waals surface area contributed by atoms with Crippen LogP contribution >= 0.6 is 0 Å². The van der Waals surface area contributed by atoms with Crippen LogP contribution in [0.15, 0.2) is 24.3 Å². The highest BCUT2D eigenvalue weighted by Crippen LogP contribution is 2.21. The van der Waals surface area contributed by atoms with Gasteiger partial charge in [-0.05, 0) is 38.4 Å². The van der Waals surface area contributed by atoms with Crippen molar-refractivity contribution in [1.82, 2.24) is 10.2 Å². The molecule has 0 radical (unpaired) electrons. The highest BCUT2D eigenvalue weighted by molar-refractivity contribution is 5.94. The highest BCUT2D eigenvalue weighted by atomic mass is 16.2. The first kappa shape index (κ1) is 14.1. The molecule has 2 atom stereocenters. The lowest BCUT2D eigenvalue weighted by Crippen LogP contribution is -2.50. The molecular weight excluding hydrogens is 236 g/mol. The van der Waals surface area contributed by atoms with Crippen LogP contribution in [-0.2, 0) is 0 Å². The van der Waals surface area contributed by atoms with Gasteiger partial charge in [-0.1, -0.05) is 31.0 Å². The third kappa shape index (κ3) is 3.16. The summed E-state index contributed by atoms with van der Waals surface area (Å²) >= 11 is 0. The zero-order chi connectivity index (χ0) is 13.8. The van der Waals surface area contributed by atoms with E-state index in [1.807, 2.05) is 43.1 Å². The maximum Gasteiger partial charge on any atom is 0.253 e. The number of likely N-dealkylation sites (tertiary alicyclic amines) is 1. The Morgan fingerprint density at radius 1 is 1.37 bits per heavy atom. The van der Waals surface area contributed by atoms with E-state index in [2.05, 4.69) is 12.2 Å². The predicted octanol–water partition coefficient (Wildman–Crippen LogP) is 2.46. The molecule has 3 nitrogen and oxygen atoms in total. The van der Waals surface area contributed by atoms with Gasteiger partial charge in [0, 0.05) is 24.7 Å². The lowest BCUT2D eigenvalue weighted by atomic mass is 9.89. The number of carbonyl (C=O) groups is 1. The summed E-state index contributed by atoms with van der Waals surface area (Å²) in [6.07, 6.45) is 2.16. The van der Waals surface area contributed by atoms with Crippen LogP contribution in [0.3, 0.4) is 0 Å². The molecule has 0 aromatic heterocycles. The van der Waals surface area contributed by atoms with Crippen LogP contribution in [0, 0.1) is 12.8 Å². The molecule has 0 bridgehead atoms. The van der Waals surface area contributed by atoms with E-state index in [9.17, 15) is 4.79 Å². The number of rotatable bonds is 3. The smallest absolute Gasteiger partial charge is 0.253 e. The van der Waals surface area contributed by atoms with Crippen LogP contribution in [0.25, 0.3) is 0 Å². The van der Waals surface area contributed by atoms with Gasteiger partial charge in [-0.2, -0.15) is 0 Å². The van der Waals surface area contributed by atoms with Crippen LogP contribution in [0.2, 0.25) is 0 Å². The van der Waals surface area contributed by atoms with Crippen molar-refractivity contribution in [2.75, 3.05) is 20.1 Å². The number of nitrogens with zero attached hydrogens (tertiary/aromatic N) is 1. The van der Waals surface area contributed by atoms with Crippen molar-refractivity contribution >= 4 is 5.91 Å². The number of hydrogen-bond donors (Lipinski definition) is 1. The summed E-state index contributed by atoms with van der Waals surface area (Å²) in [6, 6.07) is 8.42. The SMILES string of the molecule is CCC1CN(C(=O)c2ccc(C)cc2)CCC1NC. The van der Waals surface area contributed by atoms with E-state index >= 15 is 0 Å². The molecule has 1 aliphatic rings. The van der Waals surface area contributed by atoms with Gasteiger partial charge in [-0.3, -0.25) is 4.79 Å². The standard InChI is InChI=1S/C16H24N2O/c1-4-13-11-18(10-9-15(13)17-3)16(19)14-7-5-12(2)6-8-14/h5-8,13,15,17H,4,9-11H2,1-3H3. The lowest BCUT2D eigenvalue weighted by Gasteiger charge is -2.38. The minimum atomic E-state index is 0.174. The maximum atomic E-state index is 12.5. The third-order valence-corrected chi connectivity index (χ3v) is 4.21. The van der Waals surface area contributed by atoms with Gasteiger partial charge < -0.3 is 10.2 Å². The van der Waals surface area contributed by atoms with E-state index in [1.165, 1.54) is 5.56 Å². The molecule has 0 saturated carbocycles. The molecule has 1 amide bonds. The molecule has 1 aromatic rings. The van der Waals surface area contributed by atoms with Gasteiger partial charge in [0.25, 0.3) is 5.91 Å². The normalized spacial score (nSPS) is 23.4. The van der Waals surface area contributed by atoms with Crippen molar-refractivity contribution in [1.29, 1.82) is 0 Å². The molecule has 2 unspecified atom stereocenters. The first-order valence-corrected chi connectivity index (χ1v) is 7.19. The minimum absolute atomic E-state index is 0.174. The monoisotopic (exact) mass is 260 g/mol. The van der Waals surface area contributed by atoms with Crippen LogP contribution in [0.4, 0.5) is 0 Å². The van der Waals surface area contributed by atoms with Gasteiger partial charge >= 0.3 is 0 Å². The maximum absolute atomic E-state index is 12.5. The molecule has 1 heterocycles. The topological polar surface area (TPSA) is 32.3 Å². The second-order valence-corrected chi connectivity index (χ2v) is 5.47. The number of amides is 1. The van der Waals surface area contributed by atoms with Gasteiger partial charge in [-0.15, -0.1) is 0 Å². The Labute approximate surface area is 116 Å². The second kappa shape index (κ2) is 6.20. The third-order valence-electron chi connectivity index (χ3n) is 4.21. The van der Waals surface area contributed by atoms with Crippen LogP contribution in [0.1, 0.15) is 35.7 Å². The average molecular weight is 260 g/mol. The van der Waals surface area contributed by atoms with Crippen LogP contribution in [0.5, 0.6) is 0 Å². The van der Waals surface area contributed by atoms with Crippen molar-refractivity contribution in [3.05, 3.63) is 35.4 Å². The van der Waals surface area contributed by atoms with Crippen molar-refractivity contribution in [2.45, 2.75) is 32.7 Å². The van der Waals surface area contributed by atoms with Crippen molar-refractivity contribution in [2.24, 2.45) is 5.92 Å². The Hall–Kier alpha value is -1.35. The van der Waals surface area contributed by atoms with Gasteiger partial charge in [0.15, 0.2) is 0 Å². The van der Waals surface area contributed by atoms with Gasteiger partial charge in [0.2, 0.25) is 0 Å². The number of carbonyl (C=O) groups excluding carboxylic acids is 1. The summed E-state index contributed by atoms with van der Waals surface area (Å²) in [6.45, 7) is 5.97. The quantitative estimate of drug-likeness (QED) is 0.905. The predicted molar refractivity (Wildman–Crippen MR) is 78.3 cm³/mol. The molecule has 1 N–H and O–H groups in total. The molecular formula is C16H24N2O. The van der Waals surface area contributed by atoms with Gasteiger partial charge in [0.1, 0.15) is 0 Å². The first-order valence-electron chi connectivity index (χ1n) is 7.19. The number of hydrogen-bond acceptors (Lipinski definition) is 2. The summed E-state index contributed by atoms with van der Waals surface area (Å²) in [7, 11) is 2.02. The number of piperidine rings is 1. The number of nitrogens with one attached hydrogen (secondary N) is 1. The molecule has 1 aliphatic heterocycles. The summed E-state index contributed by atoms with van der Waals surface area (Å²) < 4.78 is 0. The molecule has 1 fully saturated rings. The summed E-state index contributed by atoms with van der Waals surface area (Å²) in [4.78, 5) is 14.5. The molecule has 104 valence electrons. The average Bonchev–Trinajstić information content (AvgIpc) is 2.46.